The number of aliphatic hydroxyl groups is 1. The molecule has 19 heavy (non-hydrogen) atoms. The van der Waals surface area contributed by atoms with E-state index in [9.17, 15) is 8.42 Å². The van der Waals surface area contributed by atoms with Gasteiger partial charge >= 0.3 is 0 Å². The fourth-order valence-electron chi connectivity index (χ4n) is 1.54. The van der Waals surface area contributed by atoms with E-state index in [1.54, 1.807) is 36.4 Å². The van der Waals surface area contributed by atoms with Crippen LogP contribution in [0.25, 0.3) is 0 Å². The number of anilines is 1. The average Bonchev–Trinajstić information content (AvgIpc) is 2.41. The first-order chi connectivity index (χ1) is 9.01. The van der Waals surface area contributed by atoms with Crippen molar-refractivity contribution in [2.45, 2.75) is 11.5 Å². The van der Waals surface area contributed by atoms with Crippen LogP contribution in [0.4, 0.5) is 5.69 Å². The smallest absolute Gasteiger partial charge is 0.261 e. The number of nitrogens with one attached hydrogen (secondary N) is 1. The predicted octanol–water partition coefficient (Wildman–Crippen LogP) is 2.74. The molecule has 0 atom stereocenters. The Labute approximate surface area is 120 Å². The van der Waals surface area contributed by atoms with E-state index in [2.05, 4.69) is 20.7 Å². The first kappa shape index (κ1) is 14.0. The Hall–Kier alpha value is -1.37. The van der Waals surface area contributed by atoms with Crippen molar-refractivity contribution in [2.24, 2.45) is 0 Å². The second-order valence-corrected chi connectivity index (χ2v) is 6.52. The summed E-state index contributed by atoms with van der Waals surface area (Å²) >= 11 is 3.28. The lowest BCUT2D eigenvalue weighted by Crippen LogP contribution is -2.13. The molecule has 0 bridgehead atoms. The van der Waals surface area contributed by atoms with Gasteiger partial charge in [0.2, 0.25) is 0 Å². The summed E-state index contributed by atoms with van der Waals surface area (Å²) in [6.07, 6.45) is 0. The molecular weight excluding hydrogens is 330 g/mol. The van der Waals surface area contributed by atoms with E-state index in [0.717, 1.165) is 4.47 Å². The van der Waals surface area contributed by atoms with Crippen LogP contribution in [0.2, 0.25) is 0 Å². The molecular formula is C13H12BrNO3S. The van der Waals surface area contributed by atoms with Crippen molar-refractivity contribution in [1.82, 2.24) is 0 Å². The molecule has 0 amide bonds. The minimum atomic E-state index is -3.64. The Balaban J connectivity index is 2.29. The van der Waals surface area contributed by atoms with Crippen LogP contribution >= 0.6 is 15.9 Å². The highest BCUT2D eigenvalue weighted by atomic mass is 79.9. The molecule has 0 saturated carbocycles. The third kappa shape index (κ3) is 3.56. The zero-order valence-corrected chi connectivity index (χ0v) is 12.3. The van der Waals surface area contributed by atoms with Crippen molar-refractivity contribution in [2.75, 3.05) is 4.72 Å². The lowest BCUT2D eigenvalue weighted by Gasteiger charge is -2.09. The number of aliphatic hydroxyl groups excluding tert-OH is 1. The molecule has 100 valence electrons. The van der Waals surface area contributed by atoms with Gasteiger partial charge in [-0.3, -0.25) is 4.72 Å². The lowest BCUT2D eigenvalue weighted by atomic mass is 10.2. The van der Waals surface area contributed by atoms with Crippen LogP contribution < -0.4 is 4.72 Å². The molecule has 4 nitrogen and oxygen atoms in total. The van der Waals surface area contributed by atoms with Crippen LogP contribution in [0.15, 0.2) is 57.9 Å². The van der Waals surface area contributed by atoms with Crippen molar-refractivity contribution >= 4 is 31.6 Å². The van der Waals surface area contributed by atoms with Crippen LogP contribution in [-0.2, 0) is 16.6 Å². The lowest BCUT2D eigenvalue weighted by molar-refractivity contribution is 0.281. The maximum atomic E-state index is 12.2. The zero-order valence-electron chi connectivity index (χ0n) is 9.88. The minimum Gasteiger partial charge on any atom is -0.392 e. The molecule has 0 unspecified atom stereocenters. The maximum absolute atomic E-state index is 12.2. The summed E-state index contributed by atoms with van der Waals surface area (Å²) in [5.41, 5.74) is 1.04. The number of hydrogen-bond acceptors (Lipinski definition) is 3. The molecule has 0 radical (unpaired) electrons. The summed E-state index contributed by atoms with van der Waals surface area (Å²) < 4.78 is 27.7. The van der Waals surface area contributed by atoms with Gasteiger partial charge in [0.25, 0.3) is 10.0 Å². The van der Waals surface area contributed by atoms with E-state index in [1.165, 1.54) is 12.1 Å². The molecule has 0 aromatic heterocycles. The minimum absolute atomic E-state index is 0.127. The first-order valence-corrected chi connectivity index (χ1v) is 7.77. The van der Waals surface area contributed by atoms with Crippen LogP contribution in [0.1, 0.15) is 5.56 Å². The van der Waals surface area contributed by atoms with Gasteiger partial charge in [0.1, 0.15) is 0 Å². The van der Waals surface area contributed by atoms with Crippen molar-refractivity contribution in [3.8, 4) is 0 Å². The number of sulfonamides is 1. The van der Waals surface area contributed by atoms with E-state index in [1.807, 2.05) is 0 Å². The molecule has 0 heterocycles. The van der Waals surface area contributed by atoms with Crippen LogP contribution in [0.3, 0.4) is 0 Å². The van der Waals surface area contributed by atoms with E-state index < -0.39 is 10.0 Å². The van der Waals surface area contributed by atoms with Crippen LogP contribution in [-0.4, -0.2) is 13.5 Å². The Bertz CT molecular complexity index is 669. The fourth-order valence-corrected chi connectivity index (χ4v) is 2.94. The first-order valence-electron chi connectivity index (χ1n) is 5.49. The molecule has 2 rings (SSSR count). The Kier molecular flexibility index (Phi) is 4.24. The molecule has 2 N–H and O–H groups in total. The van der Waals surface area contributed by atoms with Crippen LogP contribution in [0, 0.1) is 0 Å². The highest BCUT2D eigenvalue weighted by molar-refractivity contribution is 9.10. The molecule has 2 aromatic carbocycles. The molecule has 0 saturated heterocycles. The van der Waals surface area contributed by atoms with Crippen molar-refractivity contribution < 1.29 is 13.5 Å². The zero-order chi connectivity index (χ0) is 13.9. The SMILES string of the molecule is O=S(=O)(Nc1ccc(Br)cc1)c1cccc(CO)c1. The van der Waals surface area contributed by atoms with Gasteiger partial charge in [0.15, 0.2) is 0 Å². The molecule has 6 heteroatoms. The highest BCUT2D eigenvalue weighted by Crippen LogP contribution is 2.19. The fraction of sp³-hybridized carbons (Fsp3) is 0.0769. The third-order valence-electron chi connectivity index (χ3n) is 2.49. The van der Waals surface area contributed by atoms with Gasteiger partial charge in [0.05, 0.1) is 11.5 Å². The van der Waals surface area contributed by atoms with Crippen molar-refractivity contribution in [3.63, 3.8) is 0 Å². The molecule has 0 fully saturated rings. The summed E-state index contributed by atoms with van der Waals surface area (Å²) in [6.45, 7) is -0.193. The summed E-state index contributed by atoms with van der Waals surface area (Å²) in [5.74, 6) is 0. The summed E-state index contributed by atoms with van der Waals surface area (Å²) in [4.78, 5) is 0.127. The van der Waals surface area contributed by atoms with E-state index in [4.69, 9.17) is 5.11 Å². The Morgan fingerprint density at radius 1 is 1.11 bits per heavy atom. The van der Waals surface area contributed by atoms with Crippen LogP contribution in [0.5, 0.6) is 0 Å². The quantitative estimate of drug-likeness (QED) is 0.898. The van der Waals surface area contributed by atoms with Crippen molar-refractivity contribution in [1.29, 1.82) is 0 Å². The average molecular weight is 342 g/mol. The van der Waals surface area contributed by atoms with Gasteiger partial charge in [-0.2, -0.15) is 0 Å². The number of benzene rings is 2. The molecule has 0 aliphatic heterocycles. The predicted molar refractivity (Wildman–Crippen MR) is 77.3 cm³/mol. The standard InChI is InChI=1S/C13H12BrNO3S/c14-11-4-6-12(7-5-11)15-19(17,18)13-3-1-2-10(8-13)9-16/h1-8,15-16H,9H2. The summed E-state index contributed by atoms with van der Waals surface area (Å²) in [6, 6.07) is 13.0. The van der Waals surface area contributed by atoms with Gasteiger partial charge in [-0.1, -0.05) is 28.1 Å². The van der Waals surface area contributed by atoms with E-state index in [-0.39, 0.29) is 11.5 Å². The Morgan fingerprint density at radius 2 is 1.79 bits per heavy atom. The third-order valence-corrected chi connectivity index (χ3v) is 4.40. The monoisotopic (exact) mass is 341 g/mol. The van der Waals surface area contributed by atoms with E-state index >= 15 is 0 Å². The van der Waals surface area contributed by atoms with Gasteiger partial charge in [-0.05, 0) is 42.0 Å². The van der Waals surface area contributed by atoms with Gasteiger partial charge in [-0.15, -0.1) is 0 Å². The molecule has 0 spiro atoms. The number of rotatable bonds is 4. The van der Waals surface area contributed by atoms with E-state index in [0.29, 0.717) is 11.3 Å². The summed E-state index contributed by atoms with van der Waals surface area (Å²) in [5, 5.41) is 9.03. The second kappa shape index (κ2) is 5.73. The van der Waals surface area contributed by atoms with Gasteiger partial charge in [-0.25, -0.2) is 8.42 Å². The molecule has 0 aliphatic rings. The van der Waals surface area contributed by atoms with Gasteiger partial charge < -0.3 is 5.11 Å². The number of hydrogen-bond donors (Lipinski definition) is 2. The maximum Gasteiger partial charge on any atom is 0.261 e. The molecule has 0 aliphatic carbocycles. The normalized spacial score (nSPS) is 11.3. The Morgan fingerprint density at radius 3 is 2.42 bits per heavy atom. The van der Waals surface area contributed by atoms with Gasteiger partial charge in [0, 0.05) is 10.2 Å². The summed E-state index contributed by atoms with van der Waals surface area (Å²) in [7, 11) is -3.64. The second-order valence-electron chi connectivity index (χ2n) is 3.92. The van der Waals surface area contributed by atoms with Crippen molar-refractivity contribution in [3.05, 3.63) is 58.6 Å². The number of halogens is 1. The molecule has 2 aromatic rings. The highest BCUT2D eigenvalue weighted by Gasteiger charge is 2.14. The topological polar surface area (TPSA) is 66.4 Å². The largest absolute Gasteiger partial charge is 0.392 e.